The highest BCUT2D eigenvalue weighted by atomic mass is 14.4. The van der Waals surface area contributed by atoms with Crippen molar-refractivity contribution >= 4 is 0 Å². The van der Waals surface area contributed by atoms with E-state index in [-0.39, 0.29) is 0 Å². The second-order valence-electron chi connectivity index (χ2n) is 11.0. The molecule has 3 aliphatic carbocycles. The molecule has 3 fully saturated rings. The summed E-state index contributed by atoms with van der Waals surface area (Å²) in [7, 11) is 0. The highest BCUT2D eigenvalue weighted by molar-refractivity contribution is 4.93. The highest BCUT2D eigenvalue weighted by Crippen LogP contribution is 2.42. The zero-order chi connectivity index (χ0) is 20.3. The SMILES string of the molecule is C=C[C@H]1CC[C@H](CCC=C[C@H]2CC[C@H]([C@H]3CC[C@H](CCCCC)CC3)CC2)CC1. The van der Waals surface area contributed by atoms with Gasteiger partial charge >= 0.3 is 0 Å². The molecule has 166 valence electrons. The van der Waals surface area contributed by atoms with Gasteiger partial charge in [-0.2, -0.15) is 0 Å². The minimum atomic E-state index is 0.813. The van der Waals surface area contributed by atoms with E-state index in [0.29, 0.717) is 0 Å². The lowest BCUT2D eigenvalue weighted by atomic mass is 9.68. The van der Waals surface area contributed by atoms with Crippen LogP contribution in [-0.4, -0.2) is 0 Å². The van der Waals surface area contributed by atoms with E-state index >= 15 is 0 Å². The standard InChI is InChI=1S/C29H50/c1-3-5-6-9-26-16-20-28(21-17-26)29-22-18-27(19-23-29)11-8-7-10-25-14-12-24(4-2)13-15-25/h4,8,11,24-29H,2-3,5-7,9-10,12-23H2,1H3/t24-,25-,26-,27-,28-,29-. The first-order valence-corrected chi connectivity index (χ1v) is 13.6. The van der Waals surface area contributed by atoms with Crippen molar-refractivity contribution in [1.82, 2.24) is 0 Å². The van der Waals surface area contributed by atoms with Crippen LogP contribution in [0.3, 0.4) is 0 Å². The summed E-state index contributed by atoms with van der Waals surface area (Å²) in [5.41, 5.74) is 0. The summed E-state index contributed by atoms with van der Waals surface area (Å²) in [6, 6.07) is 0. The Labute approximate surface area is 183 Å². The first kappa shape index (κ1) is 23.1. The van der Waals surface area contributed by atoms with E-state index in [2.05, 4.69) is 31.7 Å². The van der Waals surface area contributed by atoms with Crippen molar-refractivity contribution in [2.45, 2.75) is 122 Å². The van der Waals surface area contributed by atoms with Crippen molar-refractivity contribution in [3.63, 3.8) is 0 Å². The first-order valence-electron chi connectivity index (χ1n) is 13.6. The van der Waals surface area contributed by atoms with Crippen LogP contribution in [0.1, 0.15) is 122 Å². The van der Waals surface area contributed by atoms with E-state index in [4.69, 9.17) is 0 Å². The molecular weight excluding hydrogens is 348 g/mol. The lowest BCUT2D eigenvalue weighted by Crippen LogP contribution is -2.25. The summed E-state index contributed by atoms with van der Waals surface area (Å²) >= 11 is 0. The second-order valence-corrected chi connectivity index (χ2v) is 11.0. The maximum absolute atomic E-state index is 3.98. The summed E-state index contributed by atoms with van der Waals surface area (Å²) in [6.07, 6.45) is 33.8. The van der Waals surface area contributed by atoms with Crippen molar-refractivity contribution in [3.05, 3.63) is 24.8 Å². The van der Waals surface area contributed by atoms with Gasteiger partial charge in [-0.3, -0.25) is 0 Å². The minimum absolute atomic E-state index is 0.813. The predicted molar refractivity (Wildman–Crippen MR) is 129 cm³/mol. The Morgan fingerprint density at radius 3 is 1.83 bits per heavy atom. The van der Waals surface area contributed by atoms with Gasteiger partial charge in [0.25, 0.3) is 0 Å². The molecule has 0 nitrogen and oxygen atoms in total. The van der Waals surface area contributed by atoms with Crippen molar-refractivity contribution in [3.8, 4) is 0 Å². The van der Waals surface area contributed by atoms with Gasteiger partial charge in [-0.15, -0.1) is 6.58 Å². The summed E-state index contributed by atoms with van der Waals surface area (Å²) in [5.74, 6) is 5.91. The summed E-state index contributed by atoms with van der Waals surface area (Å²) in [5, 5.41) is 0. The Morgan fingerprint density at radius 1 is 0.655 bits per heavy atom. The van der Waals surface area contributed by atoms with Crippen molar-refractivity contribution in [2.24, 2.45) is 35.5 Å². The normalized spacial score (nSPS) is 36.3. The molecule has 0 aromatic heterocycles. The van der Waals surface area contributed by atoms with Crippen molar-refractivity contribution < 1.29 is 0 Å². The van der Waals surface area contributed by atoms with Gasteiger partial charge in [-0.05, 0) is 113 Å². The van der Waals surface area contributed by atoms with E-state index in [9.17, 15) is 0 Å². The van der Waals surface area contributed by atoms with E-state index in [1.165, 1.54) is 89.9 Å². The van der Waals surface area contributed by atoms with Crippen LogP contribution in [0.5, 0.6) is 0 Å². The first-order chi connectivity index (χ1) is 14.3. The largest absolute Gasteiger partial charge is 0.103 e. The number of hydrogen-bond donors (Lipinski definition) is 0. The molecule has 0 spiro atoms. The lowest BCUT2D eigenvalue weighted by Gasteiger charge is -2.37. The molecule has 0 amide bonds. The van der Waals surface area contributed by atoms with Gasteiger partial charge in [0.15, 0.2) is 0 Å². The molecule has 0 radical (unpaired) electrons. The van der Waals surface area contributed by atoms with Crippen LogP contribution in [0, 0.1) is 35.5 Å². The van der Waals surface area contributed by atoms with Crippen LogP contribution in [0.25, 0.3) is 0 Å². The molecule has 0 aliphatic heterocycles. The topological polar surface area (TPSA) is 0 Å². The average Bonchev–Trinajstić information content (AvgIpc) is 2.78. The molecule has 0 bridgehead atoms. The van der Waals surface area contributed by atoms with Crippen LogP contribution < -0.4 is 0 Å². The number of unbranched alkanes of at least 4 members (excludes halogenated alkanes) is 2. The van der Waals surface area contributed by atoms with Gasteiger partial charge in [-0.25, -0.2) is 0 Å². The second kappa shape index (κ2) is 13.0. The number of rotatable bonds is 10. The van der Waals surface area contributed by atoms with E-state index in [1.54, 1.807) is 25.7 Å². The third-order valence-corrected chi connectivity index (χ3v) is 8.97. The van der Waals surface area contributed by atoms with Crippen LogP contribution in [-0.2, 0) is 0 Å². The zero-order valence-electron chi connectivity index (χ0n) is 19.6. The third-order valence-electron chi connectivity index (χ3n) is 8.97. The fourth-order valence-corrected chi connectivity index (χ4v) is 6.77. The Hall–Kier alpha value is -0.520. The average molecular weight is 399 g/mol. The molecule has 3 saturated carbocycles. The van der Waals surface area contributed by atoms with Crippen molar-refractivity contribution in [1.29, 1.82) is 0 Å². The molecule has 0 unspecified atom stereocenters. The third kappa shape index (κ3) is 7.91. The van der Waals surface area contributed by atoms with Gasteiger partial charge < -0.3 is 0 Å². The monoisotopic (exact) mass is 398 g/mol. The zero-order valence-corrected chi connectivity index (χ0v) is 19.6. The molecule has 0 aromatic rings. The Morgan fingerprint density at radius 2 is 1.21 bits per heavy atom. The van der Waals surface area contributed by atoms with Gasteiger partial charge in [0.05, 0.1) is 0 Å². The molecule has 0 aromatic carbocycles. The summed E-state index contributed by atoms with van der Waals surface area (Å²) < 4.78 is 0. The quantitative estimate of drug-likeness (QED) is 0.254. The number of allylic oxidation sites excluding steroid dienone is 3. The van der Waals surface area contributed by atoms with E-state index in [0.717, 1.165) is 35.5 Å². The smallest absolute Gasteiger partial charge is 0.0233 e. The molecule has 0 N–H and O–H groups in total. The van der Waals surface area contributed by atoms with Crippen LogP contribution in [0.15, 0.2) is 24.8 Å². The molecule has 0 atom stereocenters. The number of hydrogen-bond acceptors (Lipinski definition) is 0. The summed E-state index contributed by atoms with van der Waals surface area (Å²) in [4.78, 5) is 0. The van der Waals surface area contributed by atoms with Gasteiger partial charge in [-0.1, -0.05) is 63.7 Å². The van der Waals surface area contributed by atoms with Gasteiger partial charge in [0, 0.05) is 0 Å². The van der Waals surface area contributed by atoms with Crippen LogP contribution in [0.2, 0.25) is 0 Å². The van der Waals surface area contributed by atoms with Crippen LogP contribution in [0.4, 0.5) is 0 Å². The highest BCUT2D eigenvalue weighted by Gasteiger charge is 2.30. The molecule has 29 heavy (non-hydrogen) atoms. The fourth-order valence-electron chi connectivity index (χ4n) is 6.77. The van der Waals surface area contributed by atoms with Crippen molar-refractivity contribution in [2.75, 3.05) is 0 Å². The lowest BCUT2D eigenvalue weighted by molar-refractivity contribution is 0.151. The molecule has 3 aliphatic rings. The molecule has 0 heterocycles. The molecule has 3 rings (SSSR count). The molecular formula is C29H50. The Bertz CT molecular complexity index is 450. The Kier molecular flexibility index (Phi) is 10.4. The molecule has 0 heteroatoms. The maximum atomic E-state index is 3.98. The van der Waals surface area contributed by atoms with Crippen LogP contribution >= 0.6 is 0 Å². The van der Waals surface area contributed by atoms with E-state index in [1.807, 2.05) is 0 Å². The van der Waals surface area contributed by atoms with E-state index < -0.39 is 0 Å². The van der Waals surface area contributed by atoms with Gasteiger partial charge in [0.1, 0.15) is 0 Å². The minimum Gasteiger partial charge on any atom is -0.103 e. The maximum Gasteiger partial charge on any atom is -0.0233 e. The summed E-state index contributed by atoms with van der Waals surface area (Å²) in [6.45, 7) is 6.31. The predicted octanol–water partition coefficient (Wildman–Crippen LogP) is 9.51. The fraction of sp³-hybridized carbons (Fsp3) is 0.862. The Balaban J connectivity index is 1.25. The molecule has 0 saturated heterocycles. The van der Waals surface area contributed by atoms with Gasteiger partial charge in [0.2, 0.25) is 0 Å².